The number of methoxy groups -OCH3 is 1. The van der Waals surface area contributed by atoms with Crippen LogP contribution in [0.2, 0.25) is 0 Å². The molecular formula is C10H9ClN2O2. The minimum Gasteiger partial charge on any atom is -0.494 e. The zero-order valence-corrected chi connectivity index (χ0v) is 9.05. The number of hydrogen-bond acceptors (Lipinski definition) is 3. The van der Waals surface area contributed by atoms with Crippen LogP contribution in [0.1, 0.15) is 16.2 Å². The van der Waals surface area contributed by atoms with Crippen molar-refractivity contribution in [2.24, 2.45) is 0 Å². The number of aromatic nitrogens is 2. The van der Waals surface area contributed by atoms with Crippen LogP contribution in [-0.2, 0) is 0 Å². The summed E-state index contributed by atoms with van der Waals surface area (Å²) in [6.07, 6.45) is 0. The number of rotatable bonds is 2. The number of benzene rings is 1. The molecule has 0 saturated heterocycles. The normalized spacial score (nSPS) is 10.6. The van der Waals surface area contributed by atoms with Crippen molar-refractivity contribution in [3.05, 3.63) is 23.5 Å². The highest BCUT2D eigenvalue weighted by Crippen LogP contribution is 2.27. The van der Waals surface area contributed by atoms with Gasteiger partial charge in [-0.3, -0.25) is 4.79 Å². The van der Waals surface area contributed by atoms with Gasteiger partial charge in [-0.25, -0.2) is 4.98 Å². The quantitative estimate of drug-likeness (QED) is 0.796. The molecule has 2 aromatic rings. The van der Waals surface area contributed by atoms with E-state index in [4.69, 9.17) is 16.3 Å². The van der Waals surface area contributed by atoms with Gasteiger partial charge in [-0.05, 0) is 30.7 Å². The molecule has 78 valence electrons. The van der Waals surface area contributed by atoms with Gasteiger partial charge in [0.25, 0.3) is 5.24 Å². The minimum atomic E-state index is -0.508. The molecule has 0 atom stereocenters. The highest BCUT2D eigenvalue weighted by atomic mass is 35.5. The molecular weight excluding hydrogens is 216 g/mol. The standard InChI is InChI=1S/C10H9ClN2O2/c1-5-12-8-6(10(11)14)3-4-7(15-2)9(8)13-5/h3-4H,1-2H3,(H,12,13). The van der Waals surface area contributed by atoms with Gasteiger partial charge in [-0.2, -0.15) is 0 Å². The third-order valence-electron chi connectivity index (χ3n) is 2.16. The van der Waals surface area contributed by atoms with E-state index in [-0.39, 0.29) is 0 Å². The maximum atomic E-state index is 11.1. The monoisotopic (exact) mass is 224 g/mol. The lowest BCUT2D eigenvalue weighted by Gasteiger charge is -2.02. The van der Waals surface area contributed by atoms with E-state index in [9.17, 15) is 4.79 Å². The van der Waals surface area contributed by atoms with Gasteiger partial charge in [0.1, 0.15) is 17.1 Å². The zero-order chi connectivity index (χ0) is 11.0. The summed E-state index contributed by atoms with van der Waals surface area (Å²) >= 11 is 5.46. The van der Waals surface area contributed by atoms with Crippen molar-refractivity contribution in [1.29, 1.82) is 0 Å². The molecule has 1 heterocycles. The van der Waals surface area contributed by atoms with E-state index < -0.39 is 5.24 Å². The van der Waals surface area contributed by atoms with Gasteiger partial charge in [0.05, 0.1) is 18.2 Å². The molecule has 1 N–H and O–H groups in total. The zero-order valence-electron chi connectivity index (χ0n) is 8.30. The molecule has 0 radical (unpaired) electrons. The summed E-state index contributed by atoms with van der Waals surface area (Å²) in [5.41, 5.74) is 1.65. The van der Waals surface area contributed by atoms with Crippen molar-refractivity contribution < 1.29 is 9.53 Å². The largest absolute Gasteiger partial charge is 0.494 e. The van der Waals surface area contributed by atoms with E-state index in [1.165, 1.54) is 0 Å². The fraction of sp³-hybridized carbons (Fsp3) is 0.200. The Kier molecular flexibility index (Phi) is 2.36. The van der Waals surface area contributed by atoms with Crippen LogP contribution in [0.4, 0.5) is 0 Å². The van der Waals surface area contributed by atoms with Crippen molar-refractivity contribution >= 4 is 27.9 Å². The molecule has 1 aromatic carbocycles. The first kappa shape index (κ1) is 9.98. The summed E-state index contributed by atoms with van der Waals surface area (Å²) in [6, 6.07) is 3.30. The molecule has 0 spiro atoms. The summed E-state index contributed by atoms with van der Waals surface area (Å²) in [4.78, 5) is 18.4. The number of aromatic amines is 1. The molecule has 15 heavy (non-hydrogen) atoms. The summed E-state index contributed by atoms with van der Waals surface area (Å²) in [6.45, 7) is 1.81. The van der Waals surface area contributed by atoms with E-state index in [1.54, 1.807) is 19.2 Å². The Morgan fingerprint density at radius 3 is 2.87 bits per heavy atom. The van der Waals surface area contributed by atoms with Crippen molar-refractivity contribution in [2.75, 3.05) is 7.11 Å². The predicted octanol–water partition coefficient (Wildman–Crippen LogP) is 2.26. The SMILES string of the molecule is COc1ccc(C(=O)Cl)c2[nH]c(C)nc12. The first-order chi connectivity index (χ1) is 7.13. The molecule has 0 saturated carbocycles. The van der Waals surface area contributed by atoms with Crippen LogP contribution in [0.3, 0.4) is 0 Å². The maximum Gasteiger partial charge on any atom is 0.254 e. The number of halogens is 1. The number of nitrogens with one attached hydrogen (secondary N) is 1. The second-order valence-electron chi connectivity index (χ2n) is 3.13. The topological polar surface area (TPSA) is 55.0 Å². The molecule has 0 amide bonds. The van der Waals surface area contributed by atoms with E-state index >= 15 is 0 Å². The average Bonchev–Trinajstić information content (AvgIpc) is 2.56. The van der Waals surface area contributed by atoms with Crippen LogP contribution >= 0.6 is 11.6 Å². The Morgan fingerprint density at radius 1 is 1.53 bits per heavy atom. The Labute approximate surface area is 91.2 Å². The summed E-state index contributed by atoms with van der Waals surface area (Å²) in [5, 5.41) is -0.508. The Morgan fingerprint density at radius 2 is 2.27 bits per heavy atom. The number of hydrogen-bond donors (Lipinski definition) is 1. The Bertz CT molecular complexity index is 533. The molecule has 0 aliphatic carbocycles. The summed E-state index contributed by atoms with van der Waals surface area (Å²) in [7, 11) is 1.56. The lowest BCUT2D eigenvalue weighted by atomic mass is 10.2. The molecule has 0 unspecified atom stereocenters. The van der Waals surface area contributed by atoms with E-state index in [2.05, 4.69) is 9.97 Å². The van der Waals surface area contributed by atoms with Crippen LogP contribution in [0, 0.1) is 6.92 Å². The second-order valence-corrected chi connectivity index (χ2v) is 3.48. The van der Waals surface area contributed by atoms with Gasteiger partial charge in [-0.15, -0.1) is 0 Å². The number of aryl methyl sites for hydroxylation is 1. The number of carbonyl (C=O) groups is 1. The molecule has 0 aliphatic rings. The van der Waals surface area contributed by atoms with Crippen molar-refractivity contribution in [3.63, 3.8) is 0 Å². The lowest BCUT2D eigenvalue weighted by molar-refractivity contribution is 0.108. The van der Waals surface area contributed by atoms with Gasteiger partial charge >= 0.3 is 0 Å². The van der Waals surface area contributed by atoms with E-state index in [0.717, 1.165) is 0 Å². The van der Waals surface area contributed by atoms with Gasteiger partial charge in [0, 0.05) is 0 Å². The lowest BCUT2D eigenvalue weighted by Crippen LogP contribution is -1.92. The molecule has 0 aliphatic heterocycles. The van der Waals surface area contributed by atoms with Crippen molar-refractivity contribution in [1.82, 2.24) is 9.97 Å². The fourth-order valence-corrected chi connectivity index (χ4v) is 1.67. The van der Waals surface area contributed by atoms with Gasteiger partial charge in [0.2, 0.25) is 0 Å². The van der Waals surface area contributed by atoms with Crippen molar-refractivity contribution in [2.45, 2.75) is 6.92 Å². The van der Waals surface area contributed by atoms with Gasteiger partial charge < -0.3 is 9.72 Å². The van der Waals surface area contributed by atoms with Crippen LogP contribution < -0.4 is 4.74 Å². The van der Waals surface area contributed by atoms with Crippen LogP contribution in [-0.4, -0.2) is 22.3 Å². The number of H-pyrrole nitrogens is 1. The van der Waals surface area contributed by atoms with E-state index in [1.807, 2.05) is 6.92 Å². The molecule has 5 heteroatoms. The maximum absolute atomic E-state index is 11.1. The molecule has 0 fully saturated rings. The van der Waals surface area contributed by atoms with Crippen LogP contribution in [0.15, 0.2) is 12.1 Å². The fourth-order valence-electron chi connectivity index (χ4n) is 1.51. The molecule has 1 aromatic heterocycles. The van der Waals surface area contributed by atoms with Gasteiger partial charge in [0.15, 0.2) is 0 Å². The van der Waals surface area contributed by atoms with Crippen molar-refractivity contribution in [3.8, 4) is 5.75 Å². The first-order valence-corrected chi connectivity index (χ1v) is 4.74. The number of nitrogens with zero attached hydrogens (tertiary/aromatic N) is 1. The third kappa shape index (κ3) is 1.57. The highest BCUT2D eigenvalue weighted by molar-refractivity contribution is 6.68. The van der Waals surface area contributed by atoms with Gasteiger partial charge in [-0.1, -0.05) is 0 Å². The van der Waals surface area contributed by atoms with Crippen LogP contribution in [0.5, 0.6) is 5.75 Å². The predicted molar refractivity (Wildman–Crippen MR) is 57.6 cm³/mol. The minimum absolute atomic E-state index is 0.410. The molecule has 4 nitrogen and oxygen atoms in total. The number of carbonyl (C=O) groups excluding carboxylic acids is 1. The number of imidazole rings is 1. The summed E-state index contributed by atoms with van der Waals surface area (Å²) in [5.74, 6) is 1.34. The molecule has 0 bridgehead atoms. The average molecular weight is 225 g/mol. The van der Waals surface area contributed by atoms with Crippen LogP contribution in [0.25, 0.3) is 11.0 Å². The molecule has 2 rings (SSSR count). The third-order valence-corrected chi connectivity index (χ3v) is 2.36. The second kappa shape index (κ2) is 3.55. The first-order valence-electron chi connectivity index (χ1n) is 4.36. The highest BCUT2D eigenvalue weighted by Gasteiger charge is 2.14. The smallest absolute Gasteiger partial charge is 0.254 e. The number of ether oxygens (including phenoxy) is 1. The summed E-state index contributed by atoms with van der Waals surface area (Å²) < 4.78 is 5.14. The Hall–Kier alpha value is -1.55. The van der Waals surface area contributed by atoms with E-state index in [0.29, 0.717) is 28.2 Å². The number of fused-ring (bicyclic) bond motifs is 1. The Balaban J connectivity index is 2.82.